The Morgan fingerprint density at radius 2 is 1.68 bits per heavy atom. The molecule has 0 heterocycles. The third kappa shape index (κ3) is 5.00. The highest BCUT2D eigenvalue weighted by molar-refractivity contribution is 14.1. The summed E-state index contributed by atoms with van der Waals surface area (Å²) in [7, 11) is 4.14. The lowest BCUT2D eigenvalue weighted by atomic mass is 9.98. The van der Waals surface area contributed by atoms with Gasteiger partial charge in [0.05, 0.1) is 5.56 Å². The van der Waals surface area contributed by atoms with Crippen LogP contribution in [0.15, 0.2) is 66.7 Å². The molecular formula is C24H25IN2O. The van der Waals surface area contributed by atoms with Crippen LogP contribution in [-0.2, 0) is 13.1 Å². The molecule has 0 bridgehead atoms. The second-order valence-corrected chi connectivity index (χ2v) is 8.29. The standard InChI is InChI=1S/C24H25IN2O/c1-17-7-6-10-22(23(17)25)24(28)26-15-20-8-4-5-9-21(20)19-13-11-18(12-14-19)16-27(2)3/h4-14H,15-16H2,1-3H3,(H,26,28). The first kappa shape index (κ1) is 20.6. The molecule has 0 saturated carbocycles. The molecule has 0 saturated heterocycles. The summed E-state index contributed by atoms with van der Waals surface area (Å²) < 4.78 is 1.00. The van der Waals surface area contributed by atoms with Crippen LogP contribution in [0.3, 0.4) is 0 Å². The van der Waals surface area contributed by atoms with Crippen molar-refractivity contribution in [2.75, 3.05) is 14.1 Å². The summed E-state index contributed by atoms with van der Waals surface area (Å²) in [6, 6.07) is 22.7. The van der Waals surface area contributed by atoms with Crippen LogP contribution in [0.5, 0.6) is 0 Å². The van der Waals surface area contributed by atoms with E-state index in [0.29, 0.717) is 6.54 Å². The van der Waals surface area contributed by atoms with Crippen molar-refractivity contribution in [2.45, 2.75) is 20.0 Å². The number of rotatable bonds is 6. The van der Waals surface area contributed by atoms with E-state index < -0.39 is 0 Å². The molecule has 0 fully saturated rings. The zero-order chi connectivity index (χ0) is 20.1. The summed E-state index contributed by atoms with van der Waals surface area (Å²) in [5.74, 6) is -0.0377. The summed E-state index contributed by atoms with van der Waals surface area (Å²) in [6.45, 7) is 3.44. The van der Waals surface area contributed by atoms with Gasteiger partial charge < -0.3 is 10.2 Å². The lowest BCUT2D eigenvalue weighted by molar-refractivity contribution is 0.0950. The highest BCUT2D eigenvalue weighted by Gasteiger charge is 2.12. The highest BCUT2D eigenvalue weighted by atomic mass is 127. The molecule has 28 heavy (non-hydrogen) atoms. The molecule has 0 spiro atoms. The Balaban J connectivity index is 1.77. The molecular weight excluding hydrogens is 459 g/mol. The van der Waals surface area contributed by atoms with E-state index in [2.05, 4.69) is 83.3 Å². The van der Waals surface area contributed by atoms with E-state index in [4.69, 9.17) is 0 Å². The lowest BCUT2D eigenvalue weighted by Crippen LogP contribution is -2.24. The number of carbonyl (C=O) groups excluding carboxylic acids is 1. The second kappa shape index (κ2) is 9.34. The fourth-order valence-corrected chi connectivity index (χ4v) is 3.81. The topological polar surface area (TPSA) is 32.3 Å². The van der Waals surface area contributed by atoms with Crippen LogP contribution in [0.25, 0.3) is 11.1 Å². The molecule has 0 aliphatic carbocycles. The van der Waals surface area contributed by atoms with Crippen LogP contribution in [0.1, 0.15) is 27.0 Å². The Morgan fingerprint density at radius 1 is 0.964 bits per heavy atom. The van der Waals surface area contributed by atoms with Gasteiger partial charge in [0.25, 0.3) is 5.91 Å². The zero-order valence-corrected chi connectivity index (χ0v) is 18.7. The Morgan fingerprint density at radius 3 is 2.39 bits per heavy atom. The molecule has 1 amide bonds. The SMILES string of the molecule is Cc1cccc(C(=O)NCc2ccccc2-c2ccc(CN(C)C)cc2)c1I. The molecule has 3 nitrogen and oxygen atoms in total. The molecule has 144 valence electrons. The van der Waals surface area contributed by atoms with Crippen molar-refractivity contribution >= 4 is 28.5 Å². The monoisotopic (exact) mass is 484 g/mol. The number of nitrogens with zero attached hydrogens (tertiary/aromatic N) is 1. The second-order valence-electron chi connectivity index (χ2n) is 7.21. The number of hydrogen-bond donors (Lipinski definition) is 1. The van der Waals surface area contributed by atoms with Gasteiger partial charge in [0.1, 0.15) is 0 Å². The van der Waals surface area contributed by atoms with Gasteiger partial charge in [-0.1, -0.05) is 60.7 Å². The van der Waals surface area contributed by atoms with E-state index in [0.717, 1.165) is 37.9 Å². The summed E-state index contributed by atoms with van der Waals surface area (Å²) in [5.41, 5.74) is 6.56. The highest BCUT2D eigenvalue weighted by Crippen LogP contribution is 2.25. The van der Waals surface area contributed by atoms with Gasteiger partial charge in [0.15, 0.2) is 0 Å². The zero-order valence-electron chi connectivity index (χ0n) is 16.5. The van der Waals surface area contributed by atoms with Crippen LogP contribution >= 0.6 is 22.6 Å². The van der Waals surface area contributed by atoms with E-state index in [9.17, 15) is 4.79 Å². The molecule has 0 aliphatic heterocycles. The van der Waals surface area contributed by atoms with Crippen molar-refractivity contribution in [1.29, 1.82) is 0 Å². The van der Waals surface area contributed by atoms with Gasteiger partial charge in [-0.15, -0.1) is 0 Å². The first-order valence-electron chi connectivity index (χ1n) is 9.31. The van der Waals surface area contributed by atoms with Gasteiger partial charge in [0, 0.05) is 16.7 Å². The number of aryl methyl sites for hydroxylation is 1. The Kier molecular flexibility index (Phi) is 6.86. The van der Waals surface area contributed by atoms with Crippen LogP contribution < -0.4 is 5.32 Å². The van der Waals surface area contributed by atoms with Crippen molar-refractivity contribution in [1.82, 2.24) is 10.2 Å². The fourth-order valence-electron chi connectivity index (χ4n) is 3.20. The van der Waals surface area contributed by atoms with E-state index >= 15 is 0 Å². The minimum atomic E-state index is -0.0377. The van der Waals surface area contributed by atoms with Gasteiger partial charge in [-0.2, -0.15) is 0 Å². The maximum atomic E-state index is 12.7. The molecule has 3 rings (SSSR count). The fraction of sp³-hybridized carbons (Fsp3) is 0.208. The van der Waals surface area contributed by atoms with Crippen LogP contribution in [-0.4, -0.2) is 24.9 Å². The number of halogens is 1. The average Bonchev–Trinajstić information content (AvgIpc) is 2.69. The minimum absolute atomic E-state index is 0.0377. The Bertz CT molecular complexity index is 965. The molecule has 1 N–H and O–H groups in total. The van der Waals surface area contributed by atoms with E-state index in [-0.39, 0.29) is 5.91 Å². The number of hydrogen-bond acceptors (Lipinski definition) is 2. The third-order valence-electron chi connectivity index (χ3n) is 4.66. The Hall–Kier alpha value is -2.18. The van der Waals surface area contributed by atoms with Crippen molar-refractivity contribution < 1.29 is 4.79 Å². The normalized spacial score (nSPS) is 10.9. The van der Waals surface area contributed by atoms with Gasteiger partial charge in [-0.25, -0.2) is 0 Å². The van der Waals surface area contributed by atoms with Crippen molar-refractivity contribution in [3.63, 3.8) is 0 Å². The van der Waals surface area contributed by atoms with Gasteiger partial charge in [-0.05, 0) is 77.5 Å². The van der Waals surface area contributed by atoms with Crippen LogP contribution in [0, 0.1) is 10.5 Å². The maximum Gasteiger partial charge on any atom is 0.252 e. The summed E-state index contributed by atoms with van der Waals surface area (Å²) in [5, 5.41) is 3.08. The van der Waals surface area contributed by atoms with Crippen molar-refractivity contribution in [3.8, 4) is 11.1 Å². The van der Waals surface area contributed by atoms with E-state index in [1.165, 1.54) is 5.56 Å². The van der Waals surface area contributed by atoms with Crippen LogP contribution in [0.4, 0.5) is 0 Å². The van der Waals surface area contributed by atoms with E-state index in [1.807, 2.05) is 37.3 Å². The summed E-state index contributed by atoms with van der Waals surface area (Å²) in [4.78, 5) is 14.8. The molecule has 0 aromatic heterocycles. The molecule has 0 unspecified atom stereocenters. The number of benzene rings is 3. The van der Waals surface area contributed by atoms with Gasteiger partial charge in [0.2, 0.25) is 0 Å². The molecule has 3 aromatic rings. The predicted octanol–water partition coefficient (Wildman–Crippen LogP) is 5.26. The number of carbonyl (C=O) groups is 1. The molecule has 0 atom stereocenters. The maximum absolute atomic E-state index is 12.7. The van der Waals surface area contributed by atoms with Crippen molar-refractivity contribution in [3.05, 3.63) is 92.6 Å². The first-order chi connectivity index (χ1) is 13.5. The molecule has 4 heteroatoms. The van der Waals surface area contributed by atoms with Crippen molar-refractivity contribution in [2.24, 2.45) is 0 Å². The number of amides is 1. The number of nitrogens with one attached hydrogen (secondary N) is 1. The van der Waals surface area contributed by atoms with Crippen LogP contribution in [0.2, 0.25) is 0 Å². The predicted molar refractivity (Wildman–Crippen MR) is 124 cm³/mol. The summed E-state index contributed by atoms with van der Waals surface area (Å²) >= 11 is 2.24. The summed E-state index contributed by atoms with van der Waals surface area (Å²) in [6.07, 6.45) is 0. The smallest absolute Gasteiger partial charge is 0.252 e. The minimum Gasteiger partial charge on any atom is -0.348 e. The Labute approximate surface area is 180 Å². The third-order valence-corrected chi connectivity index (χ3v) is 6.09. The quantitative estimate of drug-likeness (QED) is 0.485. The molecule has 0 aliphatic rings. The average molecular weight is 484 g/mol. The van der Waals surface area contributed by atoms with Gasteiger partial charge >= 0.3 is 0 Å². The van der Waals surface area contributed by atoms with Gasteiger partial charge in [-0.3, -0.25) is 4.79 Å². The van der Waals surface area contributed by atoms with E-state index in [1.54, 1.807) is 0 Å². The molecule has 0 radical (unpaired) electrons. The lowest BCUT2D eigenvalue weighted by Gasteiger charge is -2.13. The largest absolute Gasteiger partial charge is 0.348 e. The first-order valence-corrected chi connectivity index (χ1v) is 10.4. The molecule has 3 aromatic carbocycles.